The van der Waals surface area contributed by atoms with Crippen molar-refractivity contribution in [1.82, 2.24) is 20.3 Å². The highest BCUT2D eigenvalue weighted by molar-refractivity contribution is 5.93. The minimum absolute atomic E-state index is 0.123. The predicted molar refractivity (Wildman–Crippen MR) is 120 cm³/mol. The summed E-state index contributed by atoms with van der Waals surface area (Å²) in [5.41, 5.74) is 5.42. The molecule has 5 rings (SSSR count). The van der Waals surface area contributed by atoms with Gasteiger partial charge in [-0.05, 0) is 37.5 Å². The summed E-state index contributed by atoms with van der Waals surface area (Å²) in [5.74, 6) is 1.45. The summed E-state index contributed by atoms with van der Waals surface area (Å²) in [6.07, 6.45) is 4.85. The first-order chi connectivity index (χ1) is 15.7. The van der Waals surface area contributed by atoms with Crippen LogP contribution in [0, 0.1) is 6.92 Å². The molecule has 2 aromatic heterocycles. The lowest BCUT2D eigenvalue weighted by molar-refractivity contribution is 0.0694. The highest BCUT2D eigenvalue weighted by atomic mass is 16.5. The normalized spacial score (nSPS) is 15.8. The van der Waals surface area contributed by atoms with Crippen molar-refractivity contribution in [3.8, 4) is 17.0 Å². The van der Waals surface area contributed by atoms with Crippen LogP contribution in [0.1, 0.15) is 46.0 Å². The second-order valence-electron chi connectivity index (χ2n) is 8.26. The van der Waals surface area contributed by atoms with Crippen molar-refractivity contribution in [2.24, 2.45) is 0 Å². The van der Waals surface area contributed by atoms with Crippen LogP contribution in [-0.4, -0.2) is 46.7 Å². The fourth-order valence-electron chi connectivity index (χ4n) is 4.22. The van der Waals surface area contributed by atoms with Gasteiger partial charge in [0, 0.05) is 49.4 Å². The number of pyridine rings is 1. The summed E-state index contributed by atoms with van der Waals surface area (Å²) in [5, 5.41) is 3.11. The molecule has 1 saturated heterocycles. The fourth-order valence-corrected chi connectivity index (χ4v) is 4.22. The van der Waals surface area contributed by atoms with E-state index in [2.05, 4.69) is 44.5 Å². The van der Waals surface area contributed by atoms with Gasteiger partial charge in [-0.3, -0.25) is 4.79 Å². The number of hydrogen-bond acceptors (Lipinski definition) is 6. The number of carbonyl (C=O) groups is 1. The molecule has 2 aliphatic heterocycles. The lowest BCUT2D eigenvalue weighted by Gasteiger charge is -2.23. The Labute approximate surface area is 187 Å². The Morgan fingerprint density at radius 2 is 1.91 bits per heavy atom. The van der Waals surface area contributed by atoms with Crippen molar-refractivity contribution in [2.75, 3.05) is 19.8 Å². The van der Waals surface area contributed by atoms with Gasteiger partial charge in [0.15, 0.2) is 0 Å². The van der Waals surface area contributed by atoms with Crippen LogP contribution in [0.3, 0.4) is 0 Å². The minimum atomic E-state index is -0.123. The zero-order valence-electron chi connectivity index (χ0n) is 18.1. The van der Waals surface area contributed by atoms with E-state index in [4.69, 9.17) is 9.47 Å². The van der Waals surface area contributed by atoms with Crippen LogP contribution in [0.25, 0.3) is 11.3 Å². The van der Waals surface area contributed by atoms with E-state index in [0.29, 0.717) is 31.9 Å². The molecular weight excluding hydrogens is 404 g/mol. The lowest BCUT2D eigenvalue weighted by atomic mass is 10.0. The highest BCUT2D eigenvalue weighted by Gasteiger charge is 2.24. The van der Waals surface area contributed by atoms with Crippen LogP contribution in [0.15, 0.2) is 42.6 Å². The maximum absolute atomic E-state index is 12.9. The number of nitrogens with one attached hydrogen (secondary N) is 1. The Balaban J connectivity index is 1.36. The van der Waals surface area contributed by atoms with Gasteiger partial charge in [-0.2, -0.15) is 0 Å². The number of benzene rings is 1. The smallest absolute Gasteiger partial charge is 0.270 e. The molecule has 1 aromatic carbocycles. The molecule has 32 heavy (non-hydrogen) atoms. The van der Waals surface area contributed by atoms with E-state index in [9.17, 15) is 4.79 Å². The highest BCUT2D eigenvalue weighted by Crippen LogP contribution is 2.31. The third-order valence-corrected chi connectivity index (χ3v) is 5.91. The second kappa shape index (κ2) is 9.04. The van der Waals surface area contributed by atoms with Gasteiger partial charge >= 0.3 is 0 Å². The molecule has 0 atom stereocenters. The van der Waals surface area contributed by atoms with Gasteiger partial charge < -0.3 is 14.8 Å². The van der Waals surface area contributed by atoms with Crippen LogP contribution in [0.4, 0.5) is 0 Å². The lowest BCUT2D eigenvalue weighted by Crippen LogP contribution is -2.39. The average Bonchev–Trinajstić information content (AvgIpc) is 3.29. The zero-order chi connectivity index (χ0) is 21.9. The molecular formula is C25H26N4O3. The number of hydrogen-bond donors (Lipinski definition) is 1. The fraction of sp³-hybridized carbons (Fsp3) is 0.360. The van der Waals surface area contributed by atoms with E-state index < -0.39 is 0 Å². The Hall–Kier alpha value is -3.32. The summed E-state index contributed by atoms with van der Waals surface area (Å²) < 4.78 is 11.2. The Bertz CT molecular complexity index is 1120. The Morgan fingerprint density at radius 1 is 1.09 bits per heavy atom. The molecule has 7 heteroatoms. The monoisotopic (exact) mass is 430 g/mol. The van der Waals surface area contributed by atoms with Crippen LogP contribution in [0.2, 0.25) is 0 Å². The number of ether oxygens (including phenoxy) is 2. The zero-order valence-corrected chi connectivity index (χ0v) is 18.1. The predicted octanol–water partition coefficient (Wildman–Crippen LogP) is 3.28. The Kier molecular flexibility index (Phi) is 5.81. The van der Waals surface area contributed by atoms with Gasteiger partial charge in [-0.25, -0.2) is 15.0 Å². The molecule has 1 N–H and O–H groups in total. The summed E-state index contributed by atoms with van der Waals surface area (Å²) in [7, 11) is 0. The molecule has 0 aliphatic carbocycles. The average molecular weight is 431 g/mol. The topological polar surface area (TPSA) is 86.2 Å². The van der Waals surface area contributed by atoms with Gasteiger partial charge in [0.1, 0.15) is 17.3 Å². The number of aryl methyl sites for hydroxylation is 1. The number of amides is 1. The molecule has 4 heterocycles. The van der Waals surface area contributed by atoms with E-state index >= 15 is 0 Å². The SMILES string of the molecule is Cc1nccc(-c2ccc(Cc3cc(C(=O)NC4CCOCC4)nc4c3OCC4)cc2)n1. The standard InChI is InChI=1S/C25H26N4O3/c1-16-26-10-6-21(27-16)18-4-2-17(3-5-18)14-19-15-23(29-22-9-13-32-24(19)22)25(30)28-20-7-11-31-12-8-20/h2-6,10,15,20H,7-9,11-14H2,1H3,(H,28,30). The van der Waals surface area contributed by atoms with E-state index in [1.54, 1.807) is 6.20 Å². The first kappa shape index (κ1) is 20.6. The molecule has 7 nitrogen and oxygen atoms in total. The second-order valence-corrected chi connectivity index (χ2v) is 8.26. The maximum Gasteiger partial charge on any atom is 0.270 e. The number of aromatic nitrogens is 3. The van der Waals surface area contributed by atoms with Crippen LogP contribution >= 0.6 is 0 Å². The van der Waals surface area contributed by atoms with Crippen molar-refractivity contribution >= 4 is 5.91 Å². The van der Waals surface area contributed by atoms with Crippen molar-refractivity contribution in [3.63, 3.8) is 0 Å². The summed E-state index contributed by atoms with van der Waals surface area (Å²) >= 11 is 0. The molecule has 2 aliphatic rings. The van der Waals surface area contributed by atoms with Crippen LogP contribution in [0.5, 0.6) is 5.75 Å². The summed E-state index contributed by atoms with van der Waals surface area (Å²) in [6.45, 7) is 3.86. The molecule has 0 bridgehead atoms. The van der Waals surface area contributed by atoms with Crippen LogP contribution in [-0.2, 0) is 17.6 Å². The number of rotatable bonds is 5. The molecule has 0 saturated carbocycles. The maximum atomic E-state index is 12.9. The Morgan fingerprint density at radius 3 is 2.69 bits per heavy atom. The third-order valence-electron chi connectivity index (χ3n) is 5.91. The molecule has 0 unspecified atom stereocenters. The van der Waals surface area contributed by atoms with Crippen LogP contribution < -0.4 is 10.1 Å². The van der Waals surface area contributed by atoms with Gasteiger partial charge in [-0.15, -0.1) is 0 Å². The van der Waals surface area contributed by atoms with Crippen molar-refractivity contribution in [3.05, 3.63) is 70.9 Å². The molecule has 1 amide bonds. The van der Waals surface area contributed by atoms with Gasteiger partial charge in [0.2, 0.25) is 0 Å². The van der Waals surface area contributed by atoms with E-state index in [1.165, 1.54) is 0 Å². The third kappa shape index (κ3) is 4.48. The summed E-state index contributed by atoms with van der Waals surface area (Å²) in [6, 6.07) is 12.3. The summed E-state index contributed by atoms with van der Waals surface area (Å²) in [4.78, 5) is 26.1. The van der Waals surface area contributed by atoms with Gasteiger partial charge in [-0.1, -0.05) is 24.3 Å². The number of fused-ring (bicyclic) bond motifs is 1. The van der Waals surface area contributed by atoms with E-state index in [1.807, 2.05) is 19.1 Å². The number of nitrogens with zero attached hydrogens (tertiary/aromatic N) is 3. The first-order valence-corrected chi connectivity index (χ1v) is 11.1. The minimum Gasteiger partial charge on any atom is -0.491 e. The first-order valence-electron chi connectivity index (χ1n) is 11.1. The largest absolute Gasteiger partial charge is 0.491 e. The molecule has 3 aromatic rings. The van der Waals surface area contributed by atoms with Crippen molar-refractivity contribution < 1.29 is 14.3 Å². The van der Waals surface area contributed by atoms with Crippen molar-refractivity contribution in [1.29, 1.82) is 0 Å². The molecule has 1 fully saturated rings. The number of carbonyl (C=O) groups excluding carboxylic acids is 1. The van der Waals surface area contributed by atoms with Gasteiger partial charge in [0.25, 0.3) is 5.91 Å². The van der Waals surface area contributed by atoms with E-state index in [-0.39, 0.29) is 11.9 Å². The molecule has 0 spiro atoms. The van der Waals surface area contributed by atoms with Gasteiger partial charge in [0.05, 0.1) is 18.0 Å². The quantitative estimate of drug-likeness (QED) is 0.669. The van der Waals surface area contributed by atoms with Crippen molar-refractivity contribution in [2.45, 2.75) is 38.6 Å². The molecule has 164 valence electrons. The van der Waals surface area contributed by atoms with E-state index in [0.717, 1.165) is 58.9 Å². The molecule has 0 radical (unpaired) electrons.